The highest BCUT2D eigenvalue weighted by Crippen LogP contribution is 2.33. The zero-order chi connectivity index (χ0) is 21.3. The molecule has 0 saturated heterocycles. The second-order valence-electron chi connectivity index (χ2n) is 6.05. The van der Waals surface area contributed by atoms with Gasteiger partial charge in [-0.1, -0.05) is 36.0 Å². The molecule has 1 amide bonds. The molecule has 0 unspecified atom stereocenters. The molecule has 0 aliphatic heterocycles. The molecule has 7 heteroatoms. The molecular weight excluding hydrogens is 400 g/mol. The fraction of sp³-hybridized carbons (Fsp3) is 0.0870. The number of benzene rings is 3. The molecule has 3 rings (SSSR count). The third kappa shape index (κ3) is 5.40. The quantitative estimate of drug-likeness (QED) is 0.568. The number of anilines is 1. The van der Waals surface area contributed by atoms with Crippen molar-refractivity contribution in [2.24, 2.45) is 0 Å². The molecule has 0 bridgehead atoms. The lowest BCUT2D eigenvalue weighted by atomic mass is 10.2. The Bertz CT molecular complexity index is 1090. The van der Waals surface area contributed by atoms with Crippen molar-refractivity contribution in [3.05, 3.63) is 83.9 Å². The second kappa shape index (κ2) is 10.1. The number of methoxy groups -OCH3 is 1. The minimum atomic E-state index is -0.473. The van der Waals surface area contributed by atoms with E-state index >= 15 is 0 Å². The highest BCUT2D eigenvalue weighted by molar-refractivity contribution is 7.99. The normalized spacial score (nSPS) is 10.0. The Hall–Kier alpha value is -3.76. The maximum atomic E-state index is 12.8. The minimum absolute atomic E-state index is 0.184. The number of hydrogen-bond acceptors (Lipinski definition) is 6. The molecule has 0 aliphatic rings. The maximum absolute atomic E-state index is 12.8. The zero-order valence-electron chi connectivity index (χ0n) is 16.1. The van der Waals surface area contributed by atoms with Crippen LogP contribution in [0.1, 0.15) is 15.9 Å². The molecule has 1 N–H and O–H groups in total. The lowest BCUT2D eigenvalue weighted by Gasteiger charge is -2.11. The Morgan fingerprint density at radius 2 is 1.63 bits per heavy atom. The summed E-state index contributed by atoms with van der Waals surface area (Å²) in [6.45, 7) is -0.184. The summed E-state index contributed by atoms with van der Waals surface area (Å²) >= 11 is 1.37. The van der Waals surface area contributed by atoms with E-state index in [0.717, 1.165) is 9.79 Å². The zero-order valence-corrected chi connectivity index (χ0v) is 16.9. The van der Waals surface area contributed by atoms with Gasteiger partial charge in [0.1, 0.15) is 11.8 Å². The third-order valence-corrected chi connectivity index (χ3v) is 5.21. The van der Waals surface area contributed by atoms with Crippen LogP contribution in [0.5, 0.6) is 5.75 Å². The van der Waals surface area contributed by atoms with Crippen molar-refractivity contribution in [3.63, 3.8) is 0 Å². The summed E-state index contributed by atoms with van der Waals surface area (Å²) in [5.41, 5.74) is 1.64. The topological polar surface area (TPSA) is 88.4 Å². The van der Waals surface area contributed by atoms with Crippen LogP contribution in [0.15, 0.2) is 82.6 Å². The third-order valence-electron chi connectivity index (χ3n) is 4.06. The fourth-order valence-electron chi connectivity index (χ4n) is 2.54. The van der Waals surface area contributed by atoms with E-state index in [-0.39, 0.29) is 12.5 Å². The van der Waals surface area contributed by atoms with Gasteiger partial charge in [0.25, 0.3) is 5.91 Å². The van der Waals surface area contributed by atoms with Gasteiger partial charge in [-0.05, 0) is 48.5 Å². The van der Waals surface area contributed by atoms with Gasteiger partial charge in [0.2, 0.25) is 0 Å². The summed E-state index contributed by atoms with van der Waals surface area (Å²) in [4.78, 5) is 25.5. The van der Waals surface area contributed by atoms with Crippen LogP contribution in [0.2, 0.25) is 0 Å². The summed E-state index contributed by atoms with van der Waals surface area (Å²) in [6, 6.07) is 23.3. The molecule has 0 spiro atoms. The largest absolute Gasteiger partial charge is 0.482 e. The van der Waals surface area contributed by atoms with E-state index in [1.165, 1.54) is 18.9 Å². The SMILES string of the molecule is COC(=O)COc1ccc(NC(=O)c2ccccc2Sc2ccccc2C#N)cc1. The van der Waals surface area contributed by atoms with Gasteiger partial charge in [-0.25, -0.2) is 4.79 Å². The molecule has 0 heterocycles. The van der Waals surface area contributed by atoms with Crippen molar-refractivity contribution >= 4 is 29.3 Å². The summed E-state index contributed by atoms with van der Waals surface area (Å²) in [5, 5.41) is 12.1. The standard InChI is InChI=1S/C23H18N2O4S/c1-28-22(26)15-29-18-12-10-17(11-13-18)25-23(27)19-7-3-5-9-21(19)30-20-8-4-2-6-16(20)14-24/h2-13H,15H2,1H3,(H,25,27). The van der Waals surface area contributed by atoms with E-state index in [1.807, 2.05) is 24.3 Å². The number of nitriles is 1. The Morgan fingerprint density at radius 1 is 0.967 bits per heavy atom. The van der Waals surface area contributed by atoms with Gasteiger partial charge >= 0.3 is 5.97 Å². The van der Waals surface area contributed by atoms with Crippen molar-refractivity contribution in [3.8, 4) is 11.8 Å². The lowest BCUT2D eigenvalue weighted by molar-refractivity contribution is -0.142. The van der Waals surface area contributed by atoms with Crippen LogP contribution in [-0.4, -0.2) is 25.6 Å². The smallest absolute Gasteiger partial charge is 0.343 e. The molecule has 0 aliphatic carbocycles. The van der Waals surface area contributed by atoms with E-state index in [2.05, 4.69) is 16.1 Å². The minimum Gasteiger partial charge on any atom is -0.482 e. The van der Waals surface area contributed by atoms with E-state index in [4.69, 9.17) is 4.74 Å². The van der Waals surface area contributed by atoms with E-state index in [0.29, 0.717) is 22.6 Å². The summed E-state index contributed by atoms with van der Waals surface area (Å²) in [5.74, 6) is -0.252. The lowest BCUT2D eigenvalue weighted by Crippen LogP contribution is -2.13. The van der Waals surface area contributed by atoms with Gasteiger partial charge in [-0.3, -0.25) is 4.79 Å². The van der Waals surface area contributed by atoms with Crippen LogP contribution in [0.25, 0.3) is 0 Å². The van der Waals surface area contributed by atoms with Gasteiger partial charge in [0.15, 0.2) is 6.61 Å². The Kier molecular flexibility index (Phi) is 7.09. The van der Waals surface area contributed by atoms with Gasteiger partial charge < -0.3 is 14.8 Å². The van der Waals surface area contributed by atoms with Crippen LogP contribution in [0.4, 0.5) is 5.69 Å². The molecule has 3 aromatic carbocycles. The van der Waals surface area contributed by atoms with Gasteiger partial charge in [0, 0.05) is 15.5 Å². The first kappa shape index (κ1) is 21.0. The first-order chi connectivity index (χ1) is 14.6. The van der Waals surface area contributed by atoms with Crippen molar-refractivity contribution in [1.82, 2.24) is 0 Å². The number of nitrogens with one attached hydrogen (secondary N) is 1. The highest BCUT2D eigenvalue weighted by Gasteiger charge is 2.14. The first-order valence-electron chi connectivity index (χ1n) is 8.97. The van der Waals surface area contributed by atoms with E-state index in [9.17, 15) is 14.9 Å². The molecular formula is C23H18N2O4S. The van der Waals surface area contributed by atoms with Crippen molar-refractivity contribution in [1.29, 1.82) is 5.26 Å². The molecule has 0 saturated carbocycles. The predicted molar refractivity (Wildman–Crippen MR) is 114 cm³/mol. The molecule has 150 valence electrons. The number of esters is 1. The van der Waals surface area contributed by atoms with Crippen LogP contribution in [-0.2, 0) is 9.53 Å². The molecule has 0 radical (unpaired) electrons. The van der Waals surface area contributed by atoms with Crippen molar-refractivity contribution < 1.29 is 19.1 Å². The molecule has 6 nitrogen and oxygen atoms in total. The maximum Gasteiger partial charge on any atom is 0.343 e. The van der Waals surface area contributed by atoms with Crippen LogP contribution >= 0.6 is 11.8 Å². The molecule has 0 atom stereocenters. The number of hydrogen-bond donors (Lipinski definition) is 1. The monoisotopic (exact) mass is 418 g/mol. The number of carbonyl (C=O) groups excluding carboxylic acids is 2. The van der Waals surface area contributed by atoms with Gasteiger partial charge in [-0.2, -0.15) is 5.26 Å². The Balaban J connectivity index is 1.72. The molecule has 0 aromatic heterocycles. The number of amides is 1. The van der Waals surface area contributed by atoms with Gasteiger partial charge in [0.05, 0.1) is 18.2 Å². The van der Waals surface area contributed by atoms with Crippen molar-refractivity contribution in [2.75, 3.05) is 19.0 Å². The number of rotatable bonds is 7. The molecule has 30 heavy (non-hydrogen) atoms. The number of carbonyl (C=O) groups is 2. The van der Waals surface area contributed by atoms with E-state index < -0.39 is 5.97 Å². The van der Waals surface area contributed by atoms with E-state index in [1.54, 1.807) is 48.5 Å². The molecule has 0 fully saturated rings. The second-order valence-corrected chi connectivity index (χ2v) is 7.13. The fourth-order valence-corrected chi connectivity index (χ4v) is 3.57. The summed E-state index contributed by atoms with van der Waals surface area (Å²) in [7, 11) is 1.29. The van der Waals surface area contributed by atoms with Crippen LogP contribution in [0.3, 0.4) is 0 Å². The van der Waals surface area contributed by atoms with Gasteiger partial charge in [-0.15, -0.1) is 0 Å². The van der Waals surface area contributed by atoms with Crippen LogP contribution < -0.4 is 10.1 Å². The first-order valence-corrected chi connectivity index (χ1v) is 9.79. The predicted octanol–water partition coefficient (Wildman–Crippen LogP) is 4.51. The number of ether oxygens (including phenoxy) is 2. The Labute approximate surface area is 178 Å². The van der Waals surface area contributed by atoms with Crippen molar-refractivity contribution in [2.45, 2.75) is 9.79 Å². The molecule has 3 aromatic rings. The number of nitrogens with zero attached hydrogens (tertiary/aromatic N) is 1. The Morgan fingerprint density at radius 3 is 2.33 bits per heavy atom. The average molecular weight is 418 g/mol. The highest BCUT2D eigenvalue weighted by atomic mass is 32.2. The summed E-state index contributed by atoms with van der Waals surface area (Å²) in [6.07, 6.45) is 0. The van der Waals surface area contributed by atoms with Crippen LogP contribution in [0, 0.1) is 11.3 Å². The average Bonchev–Trinajstić information content (AvgIpc) is 2.79. The summed E-state index contributed by atoms with van der Waals surface area (Å²) < 4.78 is 9.82.